The molecule has 1 rings (SSSR count). The molecule has 11 heavy (non-hydrogen) atoms. The highest BCUT2D eigenvalue weighted by Crippen LogP contribution is 2.15. The van der Waals surface area contributed by atoms with Gasteiger partial charge in [-0.1, -0.05) is 13.8 Å². The number of aldehydes is 1. The maximum atomic E-state index is 10.3. The number of rotatable bonds is 3. The number of carbonyl (C=O) groups excluding carboxylic acids is 1. The van der Waals surface area contributed by atoms with Gasteiger partial charge in [0, 0.05) is 19.0 Å². The second-order valence-corrected chi connectivity index (χ2v) is 3.77. The lowest BCUT2D eigenvalue weighted by molar-refractivity contribution is -0.111. The molecule has 0 amide bonds. The standard InChI is InChI=1S/C9H17NO/c1-8-3-4-10(5-8)6-9(2)7-11/h7-9H,3-6H2,1-2H3. The van der Waals surface area contributed by atoms with E-state index in [9.17, 15) is 4.79 Å². The van der Waals surface area contributed by atoms with E-state index in [0.29, 0.717) is 0 Å². The molecule has 0 aliphatic carbocycles. The van der Waals surface area contributed by atoms with Crippen molar-refractivity contribution in [2.24, 2.45) is 11.8 Å². The van der Waals surface area contributed by atoms with Gasteiger partial charge in [0.25, 0.3) is 0 Å². The zero-order valence-electron chi connectivity index (χ0n) is 7.42. The zero-order valence-corrected chi connectivity index (χ0v) is 7.42. The maximum absolute atomic E-state index is 10.3. The Balaban J connectivity index is 2.22. The largest absolute Gasteiger partial charge is 0.303 e. The van der Waals surface area contributed by atoms with Crippen molar-refractivity contribution in [3.05, 3.63) is 0 Å². The maximum Gasteiger partial charge on any atom is 0.124 e. The SMILES string of the molecule is CC(C=O)CN1CCC(C)C1. The van der Waals surface area contributed by atoms with E-state index < -0.39 is 0 Å². The number of nitrogens with zero attached hydrogens (tertiary/aromatic N) is 1. The van der Waals surface area contributed by atoms with Crippen molar-refractivity contribution in [2.75, 3.05) is 19.6 Å². The molecule has 1 aliphatic rings. The smallest absolute Gasteiger partial charge is 0.124 e. The highest BCUT2D eigenvalue weighted by molar-refractivity contribution is 5.53. The van der Waals surface area contributed by atoms with Crippen molar-refractivity contribution in [1.29, 1.82) is 0 Å². The zero-order chi connectivity index (χ0) is 8.27. The average Bonchev–Trinajstić information content (AvgIpc) is 2.35. The van der Waals surface area contributed by atoms with Gasteiger partial charge in [-0.3, -0.25) is 0 Å². The molecular weight excluding hydrogens is 138 g/mol. The van der Waals surface area contributed by atoms with Crippen LogP contribution >= 0.6 is 0 Å². The van der Waals surface area contributed by atoms with E-state index in [1.807, 2.05) is 6.92 Å². The first-order chi connectivity index (χ1) is 5.22. The number of likely N-dealkylation sites (tertiary alicyclic amines) is 1. The summed E-state index contributed by atoms with van der Waals surface area (Å²) in [5, 5.41) is 0. The van der Waals surface area contributed by atoms with Gasteiger partial charge in [-0.15, -0.1) is 0 Å². The van der Waals surface area contributed by atoms with Gasteiger partial charge in [0.15, 0.2) is 0 Å². The second-order valence-electron chi connectivity index (χ2n) is 3.77. The molecule has 2 nitrogen and oxygen atoms in total. The molecule has 2 unspecified atom stereocenters. The molecule has 1 saturated heterocycles. The molecule has 0 aromatic carbocycles. The Morgan fingerprint density at radius 2 is 2.45 bits per heavy atom. The Labute approximate surface area is 68.6 Å². The van der Waals surface area contributed by atoms with Crippen LogP contribution in [0.4, 0.5) is 0 Å². The Kier molecular flexibility index (Phi) is 3.06. The van der Waals surface area contributed by atoms with Crippen LogP contribution in [0.5, 0.6) is 0 Å². The lowest BCUT2D eigenvalue weighted by atomic mass is 10.2. The van der Waals surface area contributed by atoms with E-state index in [2.05, 4.69) is 11.8 Å². The normalized spacial score (nSPS) is 28.7. The van der Waals surface area contributed by atoms with Gasteiger partial charge in [0.2, 0.25) is 0 Å². The summed E-state index contributed by atoms with van der Waals surface area (Å²) in [6, 6.07) is 0. The Morgan fingerprint density at radius 3 is 2.91 bits per heavy atom. The molecule has 0 aromatic rings. The molecule has 0 N–H and O–H groups in total. The highest BCUT2D eigenvalue weighted by atomic mass is 16.1. The highest BCUT2D eigenvalue weighted by Gasteiger charge is 2.19. The van der Waals surface area contributed by atoms with E-state index >= 15 is 0 Å². The lowest BCUT2D eigenvalue weighted by Crippen LogP contribution is -2.26. The topological polar surface area (TPSA) is 20.3 Å². The van der Waals surface area contributed by atoms with E-state index in [1.165, 1.54) is 19.5 Å². The van der Waals surface area contributed by atoms with E-state index in [1.54, 1.807) is 0 Å². The molecule has 1 aliphatic heterocycles. The molecular formula is C9H17NO. The molecule has 1 heterocycles. The number of carbonyl (C=O) groups is 1. The fraction of sp³-hybridized carbons (Fsp3) is 0.889. The summed E-state index contributed by atoms with van der Waals surface area (Å²) in [6.45, 7) is 7.56. The number of hydrogen-bond donors (Lipinski definition) is 0. The van der Waals surface area contributed by atoms with Crippen molar-refractivity contribution in [3.8, 4) is 0 Å². The predicted molar refractivity (Wildman–Crippen MR) is 45.4 cm³/mol. The number of hydrogen-bond acceptors (Lipinski definition) is 2. The van der Waals surface area contributed by atoms with Crippen molar-refractivity contribution < 1.29 is 4.79 Å². The third kappa shape index (κ3) is 2.62. The molecule has 2 atom stereocenters. The lowest BCUT2D eigenvalue weighted by Gasteiger charge is -2.16. The Hall–Kier alpha value is -0.370. The molecule has 0 radical (unpaired) electrons. The summed E-state index contributed by atoms with van der Waals surface area (Å²) in [4.78, 5) is 12.7. The summed E-state index contributed by atoms with van der Waals surface area (Å²) < 4.78 is 0. The predicted octanol–water partition coefficient (Wildman–Crippen LogP) is 1.16. The van der Waals surface area contributed by atoms with E-state index in [0.717, 1.165) is 18.7 Å². The minimum absolute atomic E-state index is 0.209. The van der Waals surface area contributed by atoms with Gasteiger partial charge >= 0.3 is 0 Å². The minimum Gasteiger partial charge on any atom is -0.303 e. The van der Waals surface area contributed by atoms with Crippen molar-refractivity contribution in [2.45, 2.75) is 20.3 Å². The van der Waals surface area contributed by atoms with Gasteiger partial charge in [-0.2, -0.15) is 0 Å². The molecule has 2 heteroatoms. The summed E-state index contributed by atoms with van der Waals surface area (Å²) >= 11 is 0. The van der Waals surface area contributed by atoms with Crippen molar-refractivity contribution in [3.63, 3.8) is 0 Å². The molecule has 0 aromatic heterocycles. The second kappa shape index (κ2) is 3.86. The Morgan fingerprint density at radius 1 is 1.73 bits per heavy atom. The average molecular weight is 155 g/mol. The first-order valence-corrected chi connectivity index (χ1v) is 4.40. The van der Waals surface area contributed by atoms with Crippen LogP contribution in [0.25, 0.3) is 0 Å². The third-order valence-corrected chi connectivity index (χ3v) is 2.29. The first-order valence-electron chi connectivity index (χ1n) is 4.40. The summed E-state index contributed by atoms with van der Waals surface area (Å²) in [5.74, 6) is 1.04. The molecule has 1 fully saturated rings. The van der Waals surface area contributed by atoms with Crippen LogP contribution in [0.1, 0.15) is 20.3 Å². The quantitative estimate of drug-likeness (QED) is 0.570. The molecule has 64 valence electrons. The Bertz CT molecular complexity index is 136. The monoisotopic (exact) mass is 155 g/mol. The van der Waals surface area contributed by atoms with Crippen molar-refractivity contribution in [1.82, 2.24) is 4.90 Å². The van der Waals surface area contributed by atoms with E-state index in [4.69, 9.17) is 0 Å². The van der Waals surface area contributed by atoms with Gasteiger partial charge in [-0.25, -0.2) is 0 Å². The van der Waals surface area contributed by atoms with Crippen LogP contribution in [0, 0.1) is 11.8 Å². The van der Waals surface area contributed by atoms with Gasteiger partial charge in [-0.05, 0) is 18.9 Å². The summed E-state index contributed by atoms with van der Waals surface area (Å²) in [5.41, 5.74) is 0. The molecule has 0 spiro atoms. The van der Waals surface area contributed by atoms with Crippen LogP contribution in [-0.4, -0.2) is 30.8 Å². The van der Waals surface area contributed by atoms with Crippen LogP contribution < -0.4 is 0 Å². The van der Waals surface area contributed by atoms with Gasteiger partial charge in [0.05, 0.1) is 0 Å². The molecule has 0 saturated carbocycles. The van der Waals surface area contributed by atoms with Crippen LogP contribution in [0.2, 0.25) is 0 Å². The first kappa shape index (κ1) is 8.72. The van der Waals surface area contributed by atoms with Gasteiger partial charge in [0.1, 0.15) is 6.29 Å². The van der Waals surface area contributed by atoms with Crippen LogP contribution in [0.3, 0.4) is 0 Å². The minimum atomic E-state index is 0.209. The third-order valence-electron chi connectivity index (χ3n) is 2.29. The van der Waals surface area contributed by atoms with Crippen LogP contribution in [0.15, 0.2) is 0 Å². The summed E-state index contributed by atoms with van der Waals surface area (Å²) in [7, 11) is 0. The fourth-order valence-corrected chi connectivity index (χ4v) is 1.64. The molecule has 0 bridgehead atoms. The van der Waals surface area contributed by atoms with Gasteiger partial charge < -0.3 is 9.69 Å². The fourth-order valence-electron chi connectivity index (χ4n) is 1.64. The summed E-state index contributed by atoms with van der Waals surface area (Å²) in [6.07, 6.45) is 2.34. The van der Waals surface area contributed by atoms with Crippen molar-refractivity contribution >= 4 is 6.29 Å². The van der Waals surface area contributed by atoms with E-state index in [-0.39, 0.29) is 5.92 Å². The van der Waals surface area contributed by atoms with Crippen LogP contribution in [-0.2, 0) is 4.79 Å².